The molecule has 0 spiro atoms. The Morgan fingerprint density at radius 2 is 1.94 bits per heavy atom. The second-order valence-corrected chi connectivity index (χ2v) is 4.14. The highest BCUT2D eigenvalue weighted by Gasteiger charge is 2.05. The van der Waals surface area contributed by atoms with E-state index in [1.54, 1.807) is 19.2 Å². The average Bonchev–Trinajstić information content (AvgIpc) is 2.34. The summed E-state index contributed by atoms with van der Waals surface area (Å²) >= 11 is 1.32. The Kier molecular flexibility index (Phi) is 5.35. The first-order valence-corrected chi connectivity index (χ1v) is 5.81. The van der Waals surface area contributed by atoms with E-state index in [2.05, 4.69) is 4.74 Å². The van der Waals surface area contributed by atoms with Crippen molar-refractivity contribution in [2.24, 2.45) is 5.73 Å². The maximum atomic E-state index is 11.2. The zero-order valence-corrected chi connectivity index (χ0v) is 10.2. The van der Waals surface area contributed by atoms with Gasteiger partial charge < -0.3 is 15.2 Å². The lowest BCUT2D eigenvalue weighted by Gasteiger charge is -2.03. The first-order chi connectivity index (χ1) is 8.11. The van der Waals surface area contributed by atoms with Crippen LogP contribution in [0.5, 0.6) is 5.75 Å². The lowest BCUT2D eigenvalue weighted by molar-refractivity contribution is -0.145. The standard InChI is InChI=1S/C11H13NO4S/c1-15-8-2-4-9(5-3-8)17-7-11(14)16-6-10(12)13/h2-5H,6-7H2,1H3,(H2,12,13). The molecule has 0 fully saturated rings. The minimum Gasteiger partial charge on any atom is -0.497 e. The van der Waals surface area contributed by atoms with Gasteiger partial charge in [0.05, 0.1) is 12.9 Å². The van der Waals surface area contributed by atoms with Gasteiger partial charge in [0.15, 0.2) is 6.61 Å². The van der Waals surface area contributed by atoms with Crippen molar-refractivity contribution in [1.82, 2.24) is 0 Å². The molecule has 0 saturated carbocycles. The van der Waals surface area contributed by atoms with Gasteiger partial charge in [0, 0.05) is 4.90 Å². The SMILES string of the molecule is COc1ccc(SCC(=O)OCC(N)=O)cc1. The molecule has 1 aromatic rings. The van der Waals surface area contributed by atoms with Crippen molar-refractivity contribution in [1.29, 1.82) is 0 Å². The third-order valence-corrected chi connectivity index (χ3v) is 2.78. The molecule has 1 rings (SSSR count). The van der Waals surface area contributed by atoms with E-state index in [1.165, 1.54) is 11.8 Å². The fraction of sp³-hybridized carbons (Fsp3) is 0.273. The van der Waals surface area contributed by atoms with Gasteiger partial charge in [-0.25, -0.2) is 0 Å². The van der Waals surface area contributed by atoms with Crippen LogP contribution in [0.3, 0.4) is 0 Å². The third-order valence-electron chi connectivity index (χ3n) is 1.79. The molecular formula is C11H13NO4S. The molecule has 0 bridgehead atoms. The number of esters is 1. The maximum Gasteiger partial charge on any atom is 0.316 e. The van der Waals surface area contributed by atoms with E-state index in [0.29, 0.717) is 0 Å². The van der Waals surface area contributed by atoms with Crippen molar-refractivity contribution in [3.8, 4) is 5.75 Å². The zero-order chi connectivity index (χ0) is 12.7. The van der Waals surface area contributed by atoms with Gasteiger partial charge in [0.2, 0.25) is 0 Å². The molecule has 0 aromatic heterocycles. The predicted octanol–water partition coefficient (Wildman–Crippen LogP) is 0.816. The Hall–Kier alpha value is -1.69. The highest BCUT2D eigenvalue weighted by Crippen LogP contribution is 2.21. The second kappa shape index (κ2) is 6.80. The lowest BCUT2D eigenvalue weighted by atomic mass is 10.3. The van der Waals surface area contributed by atoms with Crippen molar-refractivity contribution in [2.75, 3.05) is 19.5 Å². The summed E-state index contributed by atoms with van der Waals surface area (Å²) in [6.07, 6.45) is 0. The summed E-state index contributed by atoms with van der Waals surface area (Å²) in [6, 6.07) is 7.28. The Bertz CT molecular complexity index is 391. The summed E-state index contributed by atoms with van der Waals surface area (Å²) in [7, 11) is 1.59. The number of nitrogens with two attached hydrogens (primary N) is 1. The number of thioether (sulfide) groups is 1. The number of amides is 1. The van der Waals surface area contributed by atoms with Crippen molar-refractivity contribution in [3.63, 3.8) is 0 Å². The topological polar surface area (TPSA) is 78.6 Å². The third kappa shape index (κ3) is 5.26. The van der Waals surface area contributed by atoms with Crippen molar-refractivity contribution < 1.29 is 19.1 Å². The van der Waals surface area contributed by atoms with Crippen molar-refractivity contribution >= 4 is 23.6 Å². The van der Waals surface area contributed by atoms with Crippen molar-refractivity contribution in [2.45, 2.75) is 4.90 Å². The number of carbonyl (C=O) groups excluding carboxylic acids is 2. The summed E-state index contributed by atoms with van der Waals surface area (Å²) in [4.78, 5) is 22.5. The molecular weight excluding hydrogens is 242 g/mol. The summed E-state index contributed by atoms with van der Waals surface area (Å²) in [5.74, 6) is -0.234. The van der Waals surface area contributed by atoms with Crippen LogP contribution < -0.4 is 10.5 Å². The van der Waals surface area contributed by atoms with Crippen LogP contribution in [0.4, 0.5) is 0 Å². The number of ether oxygens (including phenoxy) is 2. The molecule has 1 aromatic carbocycles. The van der Waals surface area contributed by atoms with Crippen LogP contribution >= 0.6 is 11.8 Å². The Balaban J connectivity index is 2.34. The molecule has 0 radical (unpaired) electrons. The van der Waals surface area contributed by atoms with Gasteiger partial charge in [-0.1, -0.05) is 0 Å². The fourth-order valence-electron chi connectivity index (χ4n) is 1.01. The molecule has 0 aliphatic rings. The smallest absolute Gasteiger partial charge is 0.316 e. The molecule has 0 saturated heterocycles. The molecule has 17 heavy (non-hydrogen) atoms. The highest BCUT2D eigenvalue weighted by atomic mass is 32.2. The molecule has 0 aliphatic heterocycles. The summed E-state index contributed by atoms with van der Waals surface area (Å²) in [6.45, 7) is -0.373. The minimum atomic E-state index is -0.659. The average molecular weight is 255 g/mol. The van der Waals surface area contributed by atoms with Crippen molar-refractivity contribution in [3.05, 3.63) is 24.3 Å². The first-order valence-electron chi connectivity index (χ1n) is 4.82. The molecule has 0 aliphatic carbocycles. The fourth-order valence-corrected chi connectivity index (χ4v) is 1.70. The second-order valence-electron chi connectivity index (χ2n) is 3.09. The number of hydrogen-bond donors (Lipinski definition) is 1. The number of rotatable bonds is 6. The molecule has 92 valence electrons. The predicted molar refractivity (Wildman–Crippen MR) is 63.9 cm³/mol. The van der Waals surface area contributed by atoms with Gasteiger partial charge in [-0.2, -0.15) is 0 Å². The number of carbonyl (C=O) groups is 2. The zero-order valence-electron chi connectivity index (χ0n) is 9.34. The molecule has 5 nitrogen and oxygen atoms in total. The van der Waals surface area contributed by atoms with E-state index in [4.69, 9.17) is 10.5 Å². The highest BCUT2D eigenvalue weighted by molar-refractivity contribution is 8.00. The summed E-state index contributed by atoms with van der Waals surface area (Å²) in [5, 5.41) is 0. The maximum absolute atomic E-state index is 11.2. The number of benzene rings is 1. The summed E-state index contributed by atoms with van der Waals surface area (Å²) < 4.78 is 9.62. The van der Waals surface area contributed by atoms with E-state index in [0.717, 1.165) is 10.6 Å². The van der Waals surface area contributed by atoms with Crippen LogP contribution in [-0.4, -0.2) is 31.3 Å². The van der Waals surface area contributed by atoms with E-state index in [1.807, 2.05) is 12.1 Å². The largest absolute Gasteiger partial charge is 0.497 e. The van der Waals surface area contributed by atoms with Gasteiger partial charge >= 0.3 is 5.97 Å². The number of primary amides is 1. The first kappa shape index (κ1) is 13.4. The molecule has 2 N–H and O–H groups in total. The molecule has 0 heterocycles. The minimum absolute atomic E-state index is 0.139. The Morgan fingerprint density at radius 1 is 1.29 bits per heavy atom. The van der Waals surface area contributed by atoms with Gasteiger partial charge in [-0.05, 0) is 24.3 Å². The van der Waals surface area contributed by atoms with E-state index in [9.17, 15) is 9.59 Å². The van der Waals surface area contributed by atoms with E-state index < -0.39 is 11.9 Å². The normalized spacial score (nSPS) is 9.71. The van der Waals surface area contributed by atoms with Gasteiger partial charge in [-0.15, -0.1) is 11.8 Å². The molecule has 0 atom stereocenters. The summed E-state index contributed by atoms with van der Waals surface area (Å²) in [5.41, 5.74) is 4.84. The quantitative estimate of drug-likeness (QED) is 0.601. The molecule has 6 heteroatoms. The Morgan fingerprint density at radius 3 is 2.47 bits per heavy atom. The van der Waals surface area contributed by atoms with E-state index >= 15 is 0 Å². The molecule has 1 amide bonds. The van der Waals surface area contributed by atoms with Crippen LogP contribution in [0.25, 0.3) is 0 Å². The van der Waals surface area contributed by atoms with Crippen LogP contribution in [0.1, 0.15) is 0 Å². The van der Waals surface area contributed by atoms with Crippen LogP contribution in [0.2, 0.25) is 0 Å². The number of methoxy groups -OCH3 is 1. The Labute approximate surface area is 103 Å². The van der Waals surface area contributed by atoms with Gasteiger partial charge in [0.25, 0.3) is 5.91 Å². The van der Waals surface area contributed by atoms with Crippen LogP contribution in [0, 0.1) is 0 Å². The monoisotopic (exact) mass is 255 g/mol. The number of hydrogen-bond acceptors (Lipinski definition) is 5. The lowest BCUT2D eigenvalue weighted by Crippen LogP contribution is -2.21. The van der Waals surface area contributed by atoms with E-state index in [-0.39, 0.29) is 12.4 Å². The molecule has 0 unspecified atom stereocenters. The van der Waals surface area contributed by atoms with Gasteiger partial charge in [-0.3, -0.25) is 9.59 Å². The van der Waals surface area contributed by atoms with Crippen LogP contribution in [-0.2, 0) is 14.3 Å². The van der Waals surface area contributed by atoms with Crippen LogP contribution in [0.15, 0.2) is 29.2 Å². The van der Waals surface area contributed by atoms with Gasteiger partial charge in [0.1, 0.15) is 5.75 Å².